The summed E-state index contributed by atoms with van der Waals surface area (Å²) in [5, 5.41) is 0. The zero-order valence-corrected chi connectivity index (χ0v) is 15.8. The largest absolute Gasteiger partial charge is 0.425 e. The van der Waals surface area contributed by atoms with E-state index in [1.807, 2.05) is 13.8 Å². The molecule has 0 aliphatic heterocycles. The van der Waals surface area contributed by atoms with Gasteiger partial charge in [-0.25, -0.2) is 4.67 Å². The van der Waals surface area contributed by atoms with Crippen LogP contribution in [0.4, 0.5) is 0 Å². The fourth-order valence-corrected chi connectivity index (χ4v) is 3.25. The molecule has 0 amide bonds. The first-order chi connectivity index (χ1) is 10.5. The summed E-state index contributed by atoms with van der Waals surface area (Å²) in [6.45, 7) is 16.1. The Morgan fingerprint density at radius 2 is 1.55 bits per heavy atom. The lowest BCUT2D eigenvalue weighted by Crippen LogP contribution is -2.33. The number of hydrogen-bond donors (Lipinski definition) is 0. The molecule has 0 radical (unpaired) electrons. The zero-order valence-electron chi connectivity index (χ0n) is 14.9. The Morgan fingerprint density at radius 1 is 0.955 bits per heavy atom. The fourth-order valence-electron chi connectivity index (χ4n) is 1.81. The topological polar surface area (TPSA) is 52.5 Å². The molecular weight excluding hydrogens is 303 g/mol. The molecule has 0 aromatic rings. The van der Waals surface area contributed by atoms with Gasteiger partial charge in [0.15, 0.2) is 6.40 Å². The molecule has 1 atom stereocenters. The van der Waals surface area contributed by atoms with Crippen molar-refractivity contribution in [3.63, 3.8) is 0 Å². The van der Waals surface area contributed by atoms with Crippen LogP contribution in [-0.4, -0.2) is 62.7 Å². The average Bonchev–Trinajstić information content (AvgIpc) is 2.45. The molecule has 0 aliphatic carbocycles. The summed E-state index contributed by atoms with van der Waals surface area (Å²) in [6.07, 6.45) is 1.50. The van der Waals surface area contributed by atoms with Crippen LogP contribution in [0.25, 0.3) is 0 Å². The highest BCUT2D eigenvalue weighted by molar-refractivity contribution is 7.45. The van der Waals surface area contributed by atoms with E-state index in [9.17, 15) is 0 Å². The number of rotatable bonds is 14. The van der Waals surface area contributed by atoms with Gasteiger partial charge in [0.1, 0.15) is 0 Å². The van der Waals surface area contributed by atoms with Crippen molar-refractivity contribution in [2.45, 2.75) is 53.6 Å². The SMILES string of the molecule is CC/N=C/OP(OCCOCCOCC)N(C(C)C)C(C)C. The summed E-state index contributed by atoms with van der Waals surface area (Å²) in [5.41, 5.74) is 0. The molecule has 0 N–H and O–H groups in total. The lowest BCUT2D eigenvalue weighted by molar-refractivity contribution is 0.0388. The van der Waals surface area contributed by atoms with Crippen molar-refractivity contribution in [3.8, 4) is 0 Å². The van der Waals surface area contributed by atoms with Crippen LogP contribution in [-0.2, 0) is 18.5 Å². The Balaban J connectivity index is 4.26. The number of nitrogens with zero attached hydrogens (tertiary/aromatic N) is 2. The van der Waals surface area contributed by atoms with Gasteiger partial charge in [-0.2, -0.15) is 0 Å². The van der Waals surface area contributed by atoms with E-state index < -0.39 is 8.53 Å². The van der Waals surface area contributed by atoms with Crippen molar-refractivity contribution >= 4 is 14.9 Å². The minimum absolute atomic E-state index is 0.333. The molecule has 0 spiro atoms. The van der Waals surface area contributed by atoms with Crippen LogP contribution < -0.4 is 0 Å². The molecule has 0 saturated heterocycles. The maximum Gasteiger partial charge on any atom is 0.322 e. The lowest BCUT2D eigenvalue weighted by Gasteiger charge is -2.34. The van der Waals surface area contributed by atoms with Crippen LogP contribution in [0.1, 0.15) is 41.5 Å². The van der Waals surface area contributed by atoms with E-state index >= 15 is 0 Å². The predicted octanol–water partition coefficient (Wildman–Crippen LogP) is 3.47. The standard InChI is InChI=1S/C15H33N2O4P/c1-7-16-13-21-22(17(14(3)4)15(5)6)20-12-11-19-10-9-18-8-2/h13-15H,7-12H2,1-6H3/b16-13+. The summed E-state index contributed by atoms with van der Waals surface area (Å²) in [7, 11) is -1.17. The summed E-state index contributed by atoms with van der Waals surface area (Å²) in [5.74, 6) is 0. The van der Waals surface area contributed by atoms with Crippen molar-refractivity contribution in [3.05, 3.63) is 0 Å². The number of ether oxygens (including phenoxy) is 2. The van der Waals surface area contributed by atoms with Gasteiger partial charge in [-0.1, -0.05) is 0 Å². The maximum absolute atomic E-state index is 5.89. The highest BCUT2D eigenvalue weighted by Crippen LogP contribution is 2.45. The molecule has 132 valence electrons. The molecule has 0 aromatic heterocycles. The molecule has 0 aliphatic rings. The lowest BCUT2D eigenvalue weighted by atomic mass is 10.3. The van der Waals surface area contributed by atoms with E-state index in [-0.39, 0.29) is 0 Å². The van der Waals surface area contributed by atoms with E-state index in [1.54, 1.807) is 0 Å². The minimum atomic E-state index is -1.17. The summed E-state index contributed by atoms with van der Waals surface area (Å²) < 4.78 is 24.5. The van der Waals surface area contributed by atoms with Crippen molar-refractivity contribution in [1.29, 1.82) is 0 Å². The first-order valence-corrected chi connectivity index (χ1v) is 9.19. The molecule has 0 saturated carbocycles. The maximum atomic E-state index is 5.89. The molecule has 7 heteroatoms. The van der Waals surface area contributed by atoms with Gasteiger partial charge in [0.25, 0.3) is 0 Å². The Bertz CT molecular complexity index is 270. The van der Waals surface area contributed by atoms with E-state index in [0.29, 0.717) is 51.7 Å². The number of hydrogen-bond acceptors (Lipinski definition) is 6. The van der Waals surface area contributed by atoms with Gasteiger partial charge in [0, 0.05) is 25.2 Å². The third-order valence-corrected chi connectivity index (χ3v) is 4.63. The van der Waals surface area contributed by atoms with Crippen LogP contribution in [0.3, 0.4) is 0 Å². The second kappa shape index (κ2) is 14.3. The second-order valence-corrected chi connectivity index (χ2v) is 6.56. The Kier molecular flexibility index (Phi) is 14.2. The van der Waals surface area contributed by atoms with Crippen molar-refractivity contribution < 1.29 is 18.5 Å². The van der Waals surface area contributed by atoms with E-state index in [4.69, 9.17) is 18.5 Å². The summed E-state index contributed by atoms with van der Waals surface area (Å²) in [4.78, 5) is 4.11. The quantitative estimate of drug-likeness (QED) is 0.210. The highest BCUT2D eigenvalue weighted by atomic mass is 31.2. The van der Waals surface area contributed by atoms with Crippen LogP contribution in [0.15, 0.2) is 4.99 Å². The van der Waals surface area contributed by atoms with Crippen LogP contribution in [0.2, 0.25) is 0 Å². The van der Waals surface area contributed by atoms with Crippen molar-refractivity contribution in [1.82, 2.24) is 4.67 Å². The van der Waals surface area contributed by atoms with Gasteiger partial charge in [0.2, 0.25) is 0 Å². The average molecular weight is 336 g/mol. The van der Waals surface area contributed by atoms with E-state index in [2.05, 4.69) is 37.4 Å². The third-order valence-electron chi connectivity index (χ3n) is 2.65. The smallest absolute Gasteiger partial charge is 0.322 e. The van der Waals surface area contributed by atoms with Gasteiger partial charge >= 0.3 is 8.53 Å². The van der Waals surface area contributed by atoms with Gasteiger partial charge < -0.3 is 18.5 Å². The molecule has 0 heterocycles. The first kappa shape index (κ1) is 21.7. The van der Waals surface area contributed by atoms with Gasteiger partial charge in [0.05, 0.1) is 26.4 Å². The van der Waals surface area contributed by atoms with Gasteiger partial charge in [-0.05, 0) is 41.5 Å². The minimum Gasteiger partial charge on any atom is -0.425 e. The first-order valence-electron chi connectivity index (χ1n) is 8.06. The molecular formula is C15H33N2O4P. The van der Waals surface area contributed by atoms with Gasteiger partial charge in [-0.15, -0.1) is 0 Å². The van der Waals surface area contributed by atoms with E-state index in [0.717, 1.165) is 0 Å². The van der Waals surface area contributed by atoms with Gasteiger partial charge in [-0.3, -0.25) is 4.99 Å². The molecule has 1 unspecified atom stereocenters. The van der Waals surface area contributed by atoms with Crippen LogP contribution in [0, 0.1) is 0 Å². The normalized spacial score (nSPS) is 13.7. The molecule has 0 rings (SSSR count). The summed E-state index contributed by atoms with van der Waals surface area (Å²) >= 11 is 0. The molecule has 0 aromatic carbocycles. The van der Waals surface area contributed by atoms with Crippen LogP contribution >= 0.6 is 8.53 Å². The molecule has 6 nitrogen and oxygen atoms in total. The van der Waals surface area contributed by atoms with Crippen LogP contribution in [0.5, 0.6) is 0 Å². The van der Waals surface area contributed by atoms with Crippen molar-refractivity contribution in [2.24, 2.45) is 4.99 Å². The molecule has 0 bridgehead atoms. The zero-order chi connectivity index (χ0) is 16.8. The summed E-state index contributed by atoms with van der Waals surface area (Å²) in [6, 6.07) is 0.667. The molecule has 0 fully saturated rings. The van der Waals surface area contributed by atoms with Crippen molar-refractivity contribution in [2.75, 3.05) is 39.6 Å². The number of aliphatic imine (C=N–C) groups is 1. The Morgan fingerprint density at radius 3 is 2.09 bits per heavy atom. The second-order valence-electron chi connectivity index (χ2n) is 5.16. The predicted molar refractivity (Wildman–Crippen MR) is 92.4 cm³/mol. The highest BCUT2D eigenvalue weighted by Gasteiger charge is 2.27. The Labute approximate surface area is 137 Å². The molecule has 22 heavy (non-hydrogen) atoms. The monoisotopic (exact) mass is 336 g/mol. The third kappa shape index (κ3) is 10.5. The van der Waals surface area contributed by atoms with E-state index in [1.165, 1.54) is 6.40 Å². The Hall–Kier alpha value is -0.260. The fraction of sp³-hybridized carbons (Fsp3) is 0.933.